The molecule has 1 amide bonds. The van der Waals surface area contributed by atoms with Gasteiger partial charge in [-0.25, -0.2) is 0 Å². The Hall–Kier alpha value is -3.32. The maximum Gasteiger partial charge on any atom is 0.303 e. The van der Waals surface area contributed by atoms with Crippen LogP contribution in [0.25, 0.3) is 5.76 Å². The molecule has 1 aliphatic heterocycles. The molecule has 1 saturated heterocycles. The van der Waals surface area contributed by atoms with Crippen molar-refractivity contribution >= 4 is 35.0 Å². The number of benzene rings is 2. The van der Waals surface area contributed by atoms with Gasteiger partial charge in [-0.15, -0.1) is 0 Å². The number of ether oxygens (including phenoxy) is 1. The van der Waals surface area contributed by atoms with E-state index >= 15 is 0 Å². The molecular formula is C24H24ClNO6. The second-order valence-electron chi connectivity index (χ2n) is 7.48. The van der Waals surface area contributed by atoms with Crippen LogP contribution in [0.2, 0.25) is 5.02 Å². The number of Topliss-reactive ketones (excluding diaryl/α,β-unsaturated/α-hetero) is 1. The summed E-state index contributed by atoms with van der Waals surface area (Å²) in [7, 11) is 1.53. The normalized spacial score (nSPS) is 17.6. The molecule has 168 valence electrons. The van der Waals surface area contributed by atoms with Gasteiger partial charge in [-0.1, -0.05) is 30.2 Å². The van der Waals surface area contributed by atoms with Crippen LogP contribution in [-0.4, -0.2) is 46.4 Å². The Morgan fingerprint density at radius 1 is 1.00 bits per heavy atom. The smallest absolute Gasteiger partial charge is 0.303 e. The molecule has 7 nitrogen and oxygen atoms in total. The predicted octanol–water partition coefficient (Wildman–Crippen LogP) is 4.42. The van der Waals surface area contributed by atoms with Crippen LogP contribution < -0.4 is 4.74 Å². The molecule has 3 rings (SSSR count). The number of amides is 1. The number of ketones is 1. The van der Waals surface area contributed by atoms with Crippen molar-refractivity contribution in [2.75, 3.05) is 13.7 Å². The van der Waals surface area contributed by atoms with Gasteiger partial charge in [0.15, 0.2) is 0 Å². The highest BCUT2D eigenvalue weighted by atomic mass is 35.5. The summed E-state index contributed by atoms with van der Waals surface area (Å²) < 4.78 is 5.13. The molecular weight excluding hydrogens is 434 g/mol. The first-order chi connectivity index (χ1) is 15.3. The summed E-state index contributed by atoms with van der Waals surface area (Å²) in [6.07, 6.45) is 1.67. The molecule has 32 heavy (non-hydrogen) atoms. The number of nitrogens with zero attached hydrogens (tertiary/aromatic N) is 1. The fourth-order valence-electron chi connectivity index (χ4n) is 3.74. The summed E-state index contributed by atoms with van der Waals surface area (Å²) in [6, 6.07) is 12.5. The van der Waals surface area contributed by atoms with E-state index < -0.39 is 23.7 Å². The average Bonchev–Trinajstić information content (AvgIpc) is 3.03. The molecule has 2 aromatic carbocycles. The van der Waals surface area contributed by atoms with Crippen LogP contribution in [0.5, 0.6) is 5.75 Å². The van der Waals surface area contributed by atoms with E-state index in [-0.39, 0.29) is 24.3 Å². The molecule has 2 N–H and O–H groups in total. The molecule has 0 bridgehead atoms. The highest BCUT2D eigenvalue weighted by Gasteiger charge is 2.45. The van der Waals surface area contributed by atoms with Crippen molar-refractivity contribution in [3.05, 3.63) is 70.3 Å². The topological polar surface area (TPSA) is 104 Å². The van der Waals surface area contributed by atoms with Gasteiger partial charge in [-0.2, -0.15) is 0 Å². The number of carboxylic acids is 1. The van der Waals surface area contributed by atoms with Crippen LogP contribution in [0.4, 0.5) is 0 Å². The number of rotatable bonds is 9. The molecule has 0 radical (unpaired) electrons. The third-order valence-corrected chi connectivity index (χ3v) is 5.63. The van der Waals surface area contributed by atoms with Gasteiger partial charge < -0.3 is 19.8 Å². The highest BCUT2D eigenvalue weighted by molar-refractivity contribution is 6.46. The zero-order valence-electron chi connectivity index (χ0n) is 17.6. The average molecular weight is 458 g/mol. The van der Waals surface area contributed by atoms with E-state index in [4.69, 9.17) is 21.4 Å². The summed E-state index contributed by atoms with van der Waals surface area (Å²) in [5.74, 6) is -2.00. The number of methoxy groups -OCH3 is 1. The second kappa shape index (κ2) is 10.3. The molecule has 1 fully saturated rings. The van der Waals surface area contributed by atoms with E-state index in [0.29, 0.717) is 41.2 Å². The van der Waals surface area contributed by atoms with Gasteiger partial charge in [0.2, 0.25) is 0 Å². The van der Waals surface area contributed by atoms with Crippen molar-refractivity contribution in [1.82, 2.24) is 4.90 Å². The van der Waals surface area contributed by atoms with Crippen molar-refractivity contribution in [3.63, 3.8) is 0 Å². The Morgan fingerprint density at radius 2 is 1.66 bits per heavy atom. The lowest BCUT2D eigenvalue weighted by Crippen LogP contribution is -2.30. The SMILES string of the molecule is COc1ccc(/C(O)=C2\C(=O)C(=O)N(CCCCCC(=O)O)C2c2ccc(Cl)cc2)cc1. The molecule has 1 heterocycles. The zero-order valence-corrected chi connectivity index (χ0v) is 18.3. The molecule has 1 aliphatic rings. The van der Waals surface area contributed by atoms with Gasteiger partial charge in [-0.05, 0) is 54.8 Å². The third kappa shape index (κ3) is 5.11. The fourth-order valence-corrected chi connectivity index (χ4v) is 3.87. The Morgan fingerprint density at radius 3 is 2.25 bits per heavy atom. The molecule has 1 atom stereocenters. The van der Waals surface area contributed by atoms with Crippen LogP contribution in [0, 0.1) is 0 Å². The van der Waals surface area contributed by atoms with Crippen molar-refractivity contribution in [2.24, 2.45) is 0 Å². The molecule has 0 aromatic heterocycles. The standard InChI is InChI=1S/C24H24ClNO6/c1-32-18-12-8-16(9-13-18)22(29)20-21(15-6-10-17(25)11-7-15)26(24(31)23(20)30)14-4-2-3-5-19(27)28/h6-13,21,29H,2-5,14H2,1H3,(H,27,28)/b22-20+. The summed E-state index contributed by atoms with van der Waals surface area (Å²) in [6.45, 7) is 0.261. The summed E-state index contributed by atoms with van der Waals surface area (Å²) >= 11 is 6.01. The molecule has 0 spiro atoms. The summed E-state index contributed by atoms with van der Waals surface area (Å²) in [5, 5.41) is 20.3. The maximum absolute atomic E-state index is 12.9. The van der Waals surface area contributed by atoms with Gasteiger partial charge >= 0.3 is 5.97 Å². The van der Waals surface area contributed by atoms with Gasteiger partial charge in [-0.3, -0.25) is 14.4 Å². The number of hydrogen-bond acceptors (Lipinski definition) is 5. The van der Waals surface area contributed by atoms with Crippen LogP contribution in [0.1, 0.15) is 42.9 Å². The Kier molecular flexibility index (Phi) is 7.53. The van der Waals surface area contributed by atoms with E-state index in [2.05, 4.69) is 0 Å². The van der Waals surface area contributed by atoms with Crippen LogP contribution in [0.15, 0.2) is 54.1 Å². The van der Waals surface area contributed by atoms with Crippen molar-refractivity contribution in [1.29, 1.82) is 0 Å². The highest BCUT2D eigenvalue weighted by Crippen LogP contribution is 2.40. The molecule has 2 aromatic rings. The van der Waals surface area contributed by atoms with E-state index in [1.54, 1.807) is 48.5 Å². The summed E-state index contributed by atoms with van der Waals surface area (Å²) in [4.78, 5) is 38.0. The second-order valence-corrected chi connectivity index (χ2v) is 7.91. The van der Waals surface area contributed by atoms with Crippen LogP contribution in [-0.2, 0) is 14.4 Å². The lowest BCUT2D eigenvalue weighted by Gasteiger charge is -2.25. The first kappa shape index (κ1) is 23.3. The number of halogens is 1. The number of aliphatic hydroxyl groups is 1. The predicted molar refractivity (Wildman–Crippen MR) is 120 cm³/mol. The zero-order chi connectivity index (χ0) is 23.3. The lowest BCUT2D eigenvalue weighted by atomic mass is 9.95. The van der Waals surface area contributed by atoms with Crippen LogP contribution in [0.3, 0.4) is 0 Å². The molecule has 1 unspecified atom stereocenters. The van der Waals surface area contributed by atoms with Crippen LogP contribution >= 0.6 is 11.6 Å². The van der Waals surface area contributed by atoms with Gasteiger partial charge in [0.25, 0.3) is 11.7 Å². The first-order valence-electron chi connectivity index (χ1n) is 10.2. The Balaban J connectivity index is 1.96. The number of carbonyl (C=O) groups is 3. The van der Waals surface area contributed by atoms with E-state index in [9.17, 15) is 19.5 Å². The molecule has 8 heteroatoms. The largest absolute Gasteiger partial charge is 0.507 e. The van der Waals surface area contributed by atoms with E-state index in [1.807, 2.05) is 0 Å². The minimum Gasteiger partial charge on any atom is -0.507 e. The molecule has 0 saturated carbocycles. The van der Waals surface area contributed by atoms with Gasteiger partial charge in [0.1, 0.15) is 11.5 Å². The number of carboxylic acid groups (broad SMARTS) is 1. The summed E-state index contributed by atoms with van der Waals surface area (Å²) in [5.41, 5.74) is 1.05. The number of aliphatic hydroxyl groups excluding tert-OH is 1. The van der Waals surface area contributed by atoms with E-state index in [1.165, 1.54) is 12.0 Å². The quantitative estimate of drug-likeness (QED) is 0.250. The van der Waals surface area contributed by atoms with Crippen molar-refractivity contribution in [2.45, 2.75) is 31.7 Å². The van der Waals surface area contributed by atoms with Gasteiger partial charge in [0.05, 0.1) is 18.7 Å². The first-order valence-corrected chi connectivity index (χ1v) is 10.6. The number of aliphatic carboxylic acids is 1. The Bertz CT molecular complexity index is 1030. The third-order valence-electron chi connectivity index (χ3n) is 5.38. The number of likely N-dealkylation sites (tertiary alicyclic amines) is 1. The minimum absolute atomic E-state index is 0.00743. The lowest BCUT2D eigenvalue weighted by molar-refractivity contribution is -0.140. The van der Waals surface area contributed by atoms with E-state index in [0.717, 1.165) is 0 Å². The van der Waals surface area contributed by atoms with Gasteiger partial charge in [0, 0.05) is 23.6 Å². The maximum atomic E-state index is 12.9. The number of hydrogen-bond donors (Lipinski definition) is 2. The molecule has 0 aliphatic carbocycles. The number of carbonyl (C=O) groups excluding carboxylic acids is 2. The van der Waals surface area contributed by atoms with Crippen molar-refractivity contribution < 1.29 is 29.3 Å². The Labute approximate surface area is 190 Å². The monoisotopic (exact) mass is 457 g/mol. The minimum atomic E-state index is -0.869. The van der Waals surface area contributed by atoms with Crippen molar-refractivity contribution in [3.8, 4) is 5.75 Å². The number of unbranched alkanes of at least 4 members (excludes halogenated alkanes) is 2. The fraction of sp³-hybridized carbons (Fsp3) is 0.292.